The lowest BCUT2D eigenvalue weighted by atomic mass is 10.1. The molecule has 0 N–H and O–H groups in total. The molecule has 7 nitrogen and oxygen atoms in total. The third-order valence-electron chi connectivity index (χ3n) is 5.64. The Bertz CT molecular complexity index is 1600. The molecule has 0 fully saturated rings. The molecule has 5 aromatic rings. The fraction of sp³-hybridized carbons (Fsp3) is 0.111. The van der Waals surface area contributed by atoms with E-state index in [0.29, 0.717) is 32.5 Å². The standard InChI is InChI=1S/C27H20Cl2N4O3/c1-3-32-27(35)25(33(19-10-6-8-17(28)14-19)20-11-7-9-18(29)15-20)23(16(2)34)24(31-32)26-30-21-12-4-5-13-22(21)36-26/h4-15H,3H2,1-2H3. The molecule has 0 spiro atoms. The van der Waals surface area contributed by atoms with E-state index >= 15 is 0 Å². The summed E-state index contributed by atoms with van der Waals surface area (Å²) in [5.41, 5.74) is 2.19. The van der Waals surface area contributed by atoms with E-state index in [1.54, 1.807) is 72.5 Å². The second-order valence-electron chi connectivity index (χ2n) is 8.03. The summed E-state index contributed by atoms with van der Waals surface area (Å²) in [5.74, 6) is -0.230. The van der Waals surface area contributed by atoms with Gasteiger partial charge in [-0.3, -0.25) is 9.59 Å². The van der Waals surface area contributed by atoms with Gasteiger partial charge in [-0.25, -0.2) is 9.67 Å². The van der Waals surface area contributed by atoms with Crippen molar-refractivity contribution in [3.63, 3.8) is 0 Å². The normalized spacial score (nSPS) is 11.1. The molecule has 0 aliphatic heterocycles. The number of aryl methyl sites for hydroxylation is 1. The van der Waals surface area contributed by atoms with E-state index in [1.165, 1.54) is 11.6 Å². The first-order valence-corrected chi connectivity index (χ1v) is 12.0. The van der Waals surface area contributed by atoms with Crippen molar-refractivity contribution in [1.29, 1.82) is 0 Å². The van der Waals surface area contributed by atoms with Gasteiger partial charge in [0.1, 0.15) is 11.2 Å². The molecule has 2 heterocycles. The molecule has 5 rings (SSSR count). The van der Waals surface area contributed by atoms with Crippen LogP contribution in [0.3, 0.4) is 0 Å². The van der Waals surface area contributed by atoms with Gasteiger partial charge in [0.25, 0.3) is 5.56 Å². The first kappa shape index (κ1) is 23.8. The summed E-state index contributed by atoms with van der Waals surface area (Å²) < 4.78 is 7.25. The molecule has 0 aliphatic rings. The number of halogens is 2. The Hall–Kier alpha value is -3.94. The molecule has 0 atom stereocenters. The Kier molecular flexibility index (Phi) is 6.35. The predicted octanol–water partition coefficient (Wildman–Crippen LogP) is 7.05. The van der Waals surface area contributed by atoms with Crippen LogP contribution >= 0.6 is 23.2 Å². The van der Waals surface area contributed by atoms with Crippen molar-refractivity contribution in [3.05, 3.63) is 98.8 Å². The average Bonchev–Trinajstić information content (AvgIpc) is 3.29. The second-order valence-corrected chi connectivity index (χ2v) is 8.90. The van der Waals surface area contributed by atoms with Gasteiger partial charge in [-0.05, 0) is 62.4 Å². The predicted molar refractivity (Wildman–Crippen MR) is 142 cm³/mol. The van der Waals surface area contributed by atoms with E-state index in [0.717, 1.165) is 0 Å². The van der Waals surface area contributed by atoms with Crippen LogP contribution in [0.5, 0.6) is 0 Å². The van der Waals surface area contributed by atoms with Gasteiger partial charge >= 0.3 is 0 Å². The van der Waals surface area contributed by atoms with Gasteiger partial charge in [0.05, 0.1) is 5.56 Å². The van der Waals surface area contributed by atoms with E-state index in [1.807, 2.05) is 12.1 Å². The number of anilines is 3. The fourth-order valence-corrected chi connectivity index (χ4v) is 4.44. The van der Waals surface area contributed by atoms with Crippen molar-refractivity contribution < 1.29 is 9.21 Å². The maximum absolute atomic E-state index is 13.8. The van der Waals surface area contributed by atoms with Crippen molar-refractivity contribution in [2.24, 2.45) is 0 Å². The van der Waals surface area contributed by atoms with Crippen LogP contribution in [-0.2, 0) is 6.54 Å². The molecule has 9 heteroatoms. The summed E-state index contributed by atoms with van der Waals surface area (Å²) in [5, 5.41) is 5.42. The van der Waals surface area contributed by atoms with E-state index in [4.69, 9.17) is 27.6 Å². The maximum Gasteiger partial charge on any atom is 0.291 e. The third-order valence-corrected chi connectivity index (χ3v) is 6.11. The lowest BCUT2D eigenvalue weighted by Crippen LogP contribution is -2.31. The minimum Gasteiger partial charge on any atom is -0.435 e. The zero-order chi connectivity index (χ0) is 25.4. The highest BCUT2D eigenvalue weighted by molar-refractivity contribution is 6.31. The van der Waals surface area contributed by atoms with Crippen LogP contribution in [-0.4, -0.2) is 20.5 Å². The number of aromatic nitrogens is 3. The number of fused-ring (bicyclic) bond motifs is 1. The Morgan fingerprint density at radius 3 is 2.17 bits per heavy atom. The van der Waals surface area contributed by atoms with Crippen molar-refractivity contribution in [2.45, 2.75) is 20.4 Å². The quantitative estimate of drug-likeness (QED) is 0.224. The van der Waals surface area contributed by atoms with Gasteiger partial charge in [0.15, 0.2) is 17.1 Å². The Morgan fingerprint density at radius 2 is 1.61 bits per heavy atom. The molecule has 0 radical (unpaired) electrons. The van der Waals surface area contributed by atoms with Crippen LogP contribution in [0.15, 0.2) is 82.0 Å². The zero-order valence-corrected chi connectivity index (χ0v) is 20.9. The molecular formula is C27H20Cl2N4O3. The van der Waals surface area contributed by atoms with Crippen molar-refractivity contribution in [3.8, 4) is 11.6 Å². The highest BCUT2D eigenvalue weighted by Crippen LogP contribution is 2.39. The zero-order valence-electron chi connectivity index (χ0n) is 19.4. The number of oxazole rings is 1. The topological polar surface area (TPSA) is 81.2 Å². The fourth-order valence-electron chi connectivity index (χ4n) is 4.07. The van der Waals surface area contributed by atoms with Gasteiger partial charge in [-0.1, -0.05) is 47.5 Å². The first-order chi connectivity index (χ1) is 17.4. The largest absolute Gasteiger partial charge is 0.435 e. The maximum atomic E-state index is 13.8. The van der Waals surface area contributed by atoms with Crippen molar-refractivity contribution in [2.75, 3.05) is 4.90 Å². The van der Waals surface area contributed by atoms with Gasteiger partial charge < -0.3 is 9.32 Å². The number of ketones is 1. The highest BCUT2D eigenvalue weighted by Gasteiger charge is 2.30. The van der Waals surface area contributed by atoms with Gasteiger partial charge in [-0.2, -0.15) is 5.10 Å². The SMILES string of the molecule is CCn1nc(-c2nc3ccccc3o2)c(C(C)=O)c(N(c2cccc(Cl)c2)c2cccc(Cl)c2)c1=O. The lowest BCUT2D eigenvalue weighted by Gasteiger charge is -2.27. The molecule has 0 saturated heterocycles. The Labute approximate surface area is 216 Å². The van der Waals surface area contributed by atoms with E-state index in [-0.39, 0.29) is 35.2 Å². The van der Waals surface area contributed by atoms with E-state index < -0.39 is 5.56 Å². The molecule has 0 bridgehead atoms. The summed E-state index contributed by atoms with van der Waals surface area (Å²) in [6.45, 7) is 3.44. The summed E-state index contributed by atoms with van der Waals surface area (Å²) in [7, 11) is 0. The Balaban J connectivity index is 1.89. The van der Waals surface area contributed by atoms with Crippen molar-refractivity contribution >= 4 is 57.1 Å². The number of hydrogen-bond donors (Lipinski definition) is 0. The van der Waals surface area contributed by atoms with E-state index in [2.05, 4.69) is 10.1 Å². The van der Waals surface area contributed by atoms with Crippen LogP contribution < -0.4 is 10.5 Å². The van der Waals surface area contributed by atoms with E-state index in [9.17, 15) is 9.59 Å². The number of para-hydroxylation sites is 2. The number of carbonyl (C=O) groups excluding carboxylic acids is 1. The van der Waals surface area contributed by atoms with Crippen LogP contribution in [0, 0.1) is 0 Å². The molecule has 0 unspecified atom stereocenters. The minimum absolute atomic E-state index is 0.0798. The molecule has 0 aliphatic carbocycles. The van der Waals surface area contributed by atoms with Gasteiger partial charge in [0, 0.05) is 28.0 Å². The summed E-state index contributed by atoms with van der Waals surface area (Å²) in [6.07, 6.45) is 0. The molecular weight excluding hydrogens is 499 g/mol. The number of benzene rings is 3. The number of hydrogen-bond acceptors (Lipinski definition) is 6. The number of Topliss-reactive ketones (excluding diaryl/α,β-unsaturated/α-hetero) is 1. The molecule has 180 valence electrons. The Morgan fingerprint density at radius 1 is 0.972 bits per heavy atom. The molecule has 0 saturated carbocycles. The molecule has 2 aromatic heterocycles. The van der Waals surface area contributed by atoms with Gasteiger partial charge in [0.2, 0.25) is 5.89 Å². The summed E-state index contributed by atoms with van der Waals surface area (Å²) >= 11 is 12.7. The smallest absolute Gasteiger partial charge is 0.291 e. The molecule has 36 heavy (non-hydrogen) atoms. The van der Waals surface area contributed by atoms with Crippen LogP contribution in [0.25, 0.3) is 22.7 Å². The second kappa shape index (κ2) is 9.60. The van der Waals surface area contributed by atoms with Crippen LogP contribution in [0.4, 0.5) is 17.1 Å². The minimum atomic E-state index is -0.456. The average molecular weight is 519 g/mol. The summed E-state index contributed by atoms with van der Waals surface area (Å²) in [6, 6.07) is 21.3. The first-order valence-electron chi connectivity index (χ1n) is 11.2. The molecule has 0 amide bonds. The van der Waals surface area contributed by atoms with Crippen LogP contribution in [0.2, 0.25) is 10.0 Å². The number of rotatable bonds is 6. The summed E-state index contributed by atoms with van der Waals surface area (Å²) in [4.78, 5) is 33.2. The number of carbonyl (C=O) groups is 1. The highest BCUT2D eigenvalue weighted by atomic mass is 35.5. The lowest BCUT2D eigenvalue weighted by molar-refractivity contribution is 0.101. The van der Waals surface area contributed by atoms with Crippen LogP contribution in [0.1, 0.15) is 24.2 Å². The molecule has 3 aromatic carbocycles. The third kappa shape index (κ3) is 4.27. The van der Waals surface area contributed by atoms with Crippen molar-refractivity contribution in [1.82, 2.24) is 14.8 Å². The monoisotopic (exact) mass is 518 g/mol. The number of nitrogens with zero attached hydrogens (tertiary/aromatic N) is 4. The van der Waals surface area contributed by atoms with Gasteiger partial charge in [-0.15, -0.1) is 0 Å².